The lowest BCUT2D eigenvalue weighted by Crippen LogP contribution is -2.04. The van der Waals surface area contributed by atoms with Crippen molar-refractivity contribution in [3.63, 3.8) is 0 Å². The van der Waals surface area contributed by atoms with Gasteiger partial charge in [-0.3, -0.25) is 0 Å². The summed E-state index contributed by atoms with van der Waals surface area (Å²) in [4.78, 5) is 12.3. The van der Waals surface area contributed by atoms with Gasteiger partial charge in [0.2, 0.25) is 0 Å². The quantitative estimate of drug-likeness (QED) is 0.497. The van der Waals surface area contributed by atoms with Crippen molar-refractivity contribution in [3.8, 4) is 0 Å². The lowest BCUT2D eigenvalue weighted by Gasteiger charge is -2.07. The molecule has 6 heteroatoms. The molecule has 0 aliphatic carbocycles. The van der Waals surface area contributed by atoms with Gasteiger partial charge in [0.1, 0.15) is 5.82 Å². The zero-order valence-electron chi connectivity index (χ0n) is 11.2. The number of halogens is 2. The van der Waals surface area contributed by atoms with E-state index in [1.54, 1.807) is 17.8 Å². The molecule has 110 valence electrons. The highest BCUT2D eigenvalue weighted by molar-refractivity contribution is 9.10. The largest absolute Gasteiger partial charge is 0.465 e. The molecule has 0 aliphatic rings. The minimum atomic E-state index is -0.673. The molecule has 21 heavy (non-hydrogen) atoms. The average Bonchev–Trinajstić information content (AvgIpc) is 2.45. The highest BCUT2D eigenvalue weighted by Gasteiger charge is 2.12. The number of hydrogen-bond donors (Lipinski definition) is 1. The molecule has 3 nitrogen and oxygen atoms in total. The summed E-state index contributed by atoms with van der Waals surface area (Å²) in [7, 11) is 1.23. The number of methoxy groups -OCH3 is 1. The van der Waals surface area contributed by atoms with E-state index in [-0.39, 0.29) is 5.56 Å². The molecule has 2 aromatic carbocycles. The third-order valence-electron chi connectivity index (χ3n) is 2.79. The maximum atomic E-state index is 13.8. The SMILES string of the molecule is COC(=O)c1ccc(CSc2ccc(N)cc2Br)cc1F. The number of carbonyl (C=O) groups is 1. The summed E-state index contributed by atoms with van der Waals surface area (Å²) < 4.78 is 19.2. The minimum absolute atomic E-state index is 0.0556. The Bertz CT molecular complexity index is 679. The number of benzene rings is 2. The molecule has 2 N–H and O–H groups in total. The monoisotopic (exact) mass is 369 g/mol. The van der Waals surface area contributed by atoms with Crippen LogP contribution in [0.1, 0.15) is 15.9 Å². The van der Waals surface area contributed by atoms with E-state index in [2.05, 4.69) is 20.7 Å². The van der Waals surface area contributed by atoms with Crippen LogP contribution in [0.5, 0.6) is 0 Å². The lowest BCUT2D eigenvalue weighted by atomic mass is 10.1. The summed E-state index contributed by atoms with van der Waals surface area (Å²) in [5.74, 6) is -0.662. The number of thioether (sulfide) groups is 1. The first kappa shape index (κ1) is 15.9. The first-order chi connectivity index (χ1) is 10.0. The van der Waals surface area contributed by atoms with Crippen molar-refractivity contribution >= 4 is 39.3 Å². The maximum absolute atomic E-state index is 13.8. The number of esters is 1. The number of ether oxygens (including phenoxy) is 1. The zero-order valence-corrected chi connectivity index (χ0v) is 13.6. The van der Waals surface area contributed by atoms with Crippen LogP contribution in [0.4, 0.5) is 10.1 Å². The van der Waals surface area contributed by atoms with Crippen molar-refractivity contribution < 1.29 is 13.9 Å². The van der Waals surface area contributed by atoms with Gasteiger partial charge in [-0.15, -0.1) is 11.8 Å². The fourth-order valence-electron chi connectivity index (χ4n) is 1.72. The summed E-state index contributed by atoms with van der Waals surface area (Å²) in [6.07, 6.45) is 0. The molecule has 0 spiro atoms. The number of hydrogen-bond acceptors (Lipinski definition) is 4. The van der Waals surface area contributed by atoms with E-state index in [9.17, 15) is 9.18 Å². The highest BCUT2D eigenvalue weighted by Crippen LogP contribution is 2.31. The molecule has 0 radical (unpaired) electrons. The predicted octanol–water partition coefficient (Wildman–Crippen LogP) is 4.25. The Morgan fingerprint density at radius 2 is 2.10 bits per heavy atom. The molecule has 0 atom stereocenters. The van der Waals surface area contributed by atoms with Crippen LogP contribution >= 0.6 is 27.7 Å². The Morgan fingerprint density at radius 3 is 2.71 bits per heavy atom. The molecule has 2 aromatic rings. The first-order valence-electron chi connectivity index (χ1n) is 6.06. The minimum Gasteiger partial charge on any atom is -0.465 e. The summed E-state index contributed by atoms with van der Waals surface area (Å²) in [6, 6.07) is 10.0. The van der Waals surface area contributed by atoms with Gasteiger partial charge < -0.3 is 10.5 Å². The Hall–Kier alpha value is -1.53. The van der Waals surface area contributed by atoms with Crippen molar-refractivity contribution in [1.82, 2.24) is 0 Å². The Kier molecular flexibility index (Phi) is 5.25. The normalized spacial score (nSPS) is 10.4. The summed E-state index contributed by atoms with van der Waals surface area (Å²) in [6.45, 7) is 0. The average molecular weight is 370 g/mol. The Balaban J connectivity index is 2.10. The third-order valence-corrected chi connectivity index (χ3v) is 4.85. The second kappa shape index (κ2) is 6.95. The van der Waals surface area contributed by atoms with E-state index in [0.717, 1.165) is 14.9 Å². The van der Waals surface area contributed by atoms with Crippen LogP contribution in [0.3, 0.4) is 0 Å². The van der Waals surface area contributed by atoms with Crippen LogP contribution in [0, 0.1) is 5.82 Å². The van der Waals surface area contributed by atoms with E-state index < -0.39 is 11.8 Å². The standard InChI is InChI=1S/C15H13BrFNO2S/c1-20-15(19)11-4-2-9(6-13(11)17)8-21-14-5-3-10(18)7-12(14)16/h2-7H,8,18H2,1H3. The van der Waals surface area contributed by atoms with Crippen molar-refractivity contribution in [1.29, 1.82) is 0 Å². The summed E-state index contributed by atoms with van der Waals surface area (Å²) in [5.41, 5.74) is 7.09. The number of rotatable bonds is 4. The van der Waals surface area contributed by atoms with Gasteiger partial charge in [0.25, 0.3) is 0 Å². The van der Waals surface area contributed by atoms with Crippen molar-refractivity contribution in [2.75, 3.05) is 12.8 Å². The Labute approximate surface area is 134 Å². The molecule has 0 amide bonds. The van der Waals surface area contributed by atoms with Gasteiger partial charge in [0.15, 0.2) is 0 Å². The van der Waals surface area contributed by atoms with Crippen molar-refractivity contribution in [2.45, 2.75) is 10.6 Å². The smallest absolute Gasteiger partial charge is 0.340 e. The maximum Gasteiger partial charge on any atom is 0.340 e. The third kappa shape index (κ3) is 3.98. The van der Waals surface area contributed by atoms with Crippen LogP contribution in [0.15, 0.2) is 45.8 Å². The van der Waals surface area contributed by atoms with Gasteiger partial charge in [0, 0.05) is 20.8 Å². The van der Waals surface area contributed by atoms with Gasteiger partial charge in [-0.1, -0.05) is 6.07 Å². The number of anilines is 1. The molecule has 0 aliphatic heterocycles. The van der Waals surface area contributed by atoms with Crippen LogP contribution < -0.4 is 5.73 Å². The van der Waals surface area contributed by atoms with Crippen LogP contribution in [-0.2, 0) is 10.5 Å². The second-order valence-electron chi connectivity index (χ2n) is 4.28. The van der Waals surface area contributed by atoms with Gasteiger partial charge >= 0.3 is 5.97 Å². The van der Waals surface area contributed by atoms with E-state index >= 15 is 0 Å². The van der Waals surface area contributed by atoms with Gasteiger partial charge in [-0.25, -0.2) is 9.18 Å². The van der Waals surface area contributed by atoms with E-state index in [1.807, 2.05) is 18.2 Å². The topological polar surface area (TPSA) is 52.3 Å². The lowest BCUT2D eigenvalue weighted by molar-refractivity contribution is 0.0595. The van der Waals surface area contributed by atoms with E-state index in [0.29, 0.717) is 11.4 Å². The highest BCUT2D eigenvalue weighted by atomic mass is 79.9. The Morgan fingerprint density at radius 1 is 1.33 bits per heavy atom. The molecule has 0 fully saturated rings. The van der Waals surface area contributed by atoms with E-state index in [1.165, 1.54) is 19.2 Å². The van der Waals surface area contributed by atoms with Crippen LogP contribution in [-0.4, -0.2) is 13.1 Å². The number of nitrogens with two attached hydrogens (primary N) is 1. The molecular formula is C15H13BrFNO2S. The van der Waals surface area contributed by atoms with Gasteiger partial charge in [-0.2, -0.15) is 0 Å². The molecule has 0 aromatic heterocycles. The number of nitrogen functional groups attached to an aromatic ring is 1. The van der Waals surface area contributed by atoms with Crippen LogP contribution in [0.2, 0.25) is 0 Å². The van der Waals surface area contributed by atoms with Crippen molar-refractivity contribution in [3.05, 3.63) is 57.8 Å². The molecule has 2 rings (SSSR count). The molecule has 0 saturated heterocycles. The summed E-state index contributed by atoms with van der Waals surface area (Å²) in [5, 5.41) is 0. The molecular weight excluding hydrogens is 357 g/mol. The molecule has 0 heterocycles. The predicted molar refractivity (Wildman–Crippen MR) is 85.9 cm³/mol. The number of carbonyl (C=O) groups excluding carboxylic acids is 1. The van der Waals surface area contributed by atoms with Crippen LogP contribution in [0.25, 0.3) is 0 Å². The van der Waals surface area contributed by atoms with Gasteiger partial charge in [-0.05, 0) is 51.8 Å². The molecule has 0 saturated carbocycles. The zero-order chi connectivity index (χ0) is 15.4. The molecule has 0 bridgehead atoms. The van der Waals surface area contributed by atoms with Gasteiger partial charge in [0.05, 0.1) is 12.7 Å². The first-order valence-corrected chi connectivity index (χ1v) is 7.83. The molecule has 0 unspecified atom stereocenters. The summed E-state index contributed by atoms with van der Waals surface area (Å²) >= 11 is 4.99. The van der Waals surface area contributed by atoms with Crippen molar-refractivity contribution in [2.24, 2.45) is 0 Å². The fraction of sp³-hybridized carbons (Fsp3) is 0.133. The van der Waals surface area contributed by atoms with E-state index in [4.69, 9.17) is 5.73 Å². The fourth-order valence-corrected chi connectivity index (χ4v) is 3.32. The second-order valence-corrected chi connectivity index (χ2v) is 6.16.